The molecule has 1 aromatic carbocycles. The van der Waals surface area contributed by atoms with E-state index < -0.39 is 0 Å². The Morgan fingerprint density at radius 3 is 3.07 bits per heavy atom. The van der Waals surface area contributed by atoms with Gasteiger partial charge in [-0.05, 0) is 6.07 Å². The van der Waals surface area contributed by atoms with Gasteiger partial charge in [-0.1, -0.05) is 23.4 Å². The number of hydrogen-bond acceptors (Lipinski definition) is 4. The highest BCUT2D eigenvalue weighted by Crippen LogP contribution is 2.31. The second-order valence-corrected chi connectivity index (χ2v) is 3.92. The molecule has 0 bridgehead atoms. The summed E-state index contributed by atoms with van der Waals surface area (Å²) >= 11 is 1.71. The largest absolute Gasteiger partial charge is 0.331 e. The van der Waals surface area contributed by atoms with Crippen molar-refractivity contribution in [2.45, 2.75) is 11.8 Å². The minimum absolute atomic E-state index is 0.383. The minimum Gasteiger partial charge on any atom is -0.318 e. The van der Waals surface area contributed by atoms with Gasteiger partial charge in [-0.15, -0.1) is 11.8 Å². The molecule has 0 spiro atoms. The first-order valence-corrected chi connectivity index (χ1v) is 5.22. The molecule has 0 unspecified atom stereocenters. The number of carbonyl (C=O) groups is 1. The zero-order chi connectivity index (χ0) is 9.97. The molecule has 0 amide bonds. The standard InChI is InChI=1S/C10H9NO2S/c1-7(12)13-11-9-6-14-10-5-3-2-4-8(9)10/h2-5H,6H2,1H3/b11-9+. The molecule has 0 atom stereocenters. The zero-order valence-electron chi connectivity index (χ0n) is 7.69. The lowest BCUT2D eigenvalue weighted by atomic mass is 10.1. The van der Waals surface area contributed by atoms with E-state index in [-0.39, 0.29) is 5.97 Å². The molecule has 0 N–H and O–H groups in total. The Balaban J connectivity index is 2.26. The van der Waals surface area contributed by atoms with Crippen molar-refractivity contribution >= 4 is 23.4 Å². The quantitative estimate of drug-likeness (QED) is 0.522. The van der Waals surface area contributed by atoms with E-state index in [1.165, 1.54) is 11.8 Å². The van der Waals surface area contributed by atoms with Crippen molar-refractivity contribution in [2.24, 2.45) is 5.16 Å². The maximum atomic E-state index is 10.6. The number of fused-ring (bicyclic) bond motifs is 1. The monoisotopic (exact) mass is 207 g/mol. The van der Waals surface area contributed by atoms with Gasteiger partial charge in [0.1, 0.15) is 0 Å². The average Bonchev–Trinajstić information content (AvgIpc) is 2.58. The van der Waals surface area contributed by atoms with Gasteiger partial charge in [0.15, 0.2) is 0 Å². The molecule has 2 rings (SSSR count). The second-order valence-electron chi connectivity index (χ2n) is 2.91. The highest BCUT2D eigenvalue weighted by Gasteiger charge is 2.18. The van der Waals surface area contributed by atoms with Crippen LogP contribution in [0, 0.1) is 0 Å². The van der Waals surface area contributed by atoms with Crippen LogP contribution in [0.5, 0.6) is 0 Å². The van der Waals surface area contributed by atoms with Crippen molar-refractivity contribution in [3.05, 3.63) is 29.8 Å². The third-order valence-corrected chi connectivity index (χ3v) is 2.93. The first-order chi connectivity index (χ1) is 6.77. The summed E-state index contributed by atoms with van der Waals surface area (Å²) in [5, 5.41) is 3.81. The van der Waals surface area contributed by atoms with Gasteiger partial charge in [0, 0.05) is 23.1 Å². The fourth-order valence-electron chi connectivity index (χ4n) is 1.25. The van der Waals surface area contributed by atoms with Crippen molar-refractivity contribution in [1.82, 2.24) is 0 Å². The number of carbonyl (C=O) groups excluding carboxylic acids is 1. The molecule has 4 heteroatoms. The van der Waals surface area contributed by atoms with Crippen molar-refractivity contribution in [1.29, 1.82) is 0 Å². The minimum atomic E-state index is -0.383. The first-order valence-electron chi connectivity index (χ1n) is 4.24. The van der Waals surface area contributed by atoms with E-state index in [4.69, 9.17) is 0 Å². The van der Waals surface area contributed by atoms with E-state index in [2.05, 4.69) is 9.99 Å². The van der Waals surface area contributed by atoms with Crippen molar-refractivity contribution < 1.29 is 9.63 Å². The predicted octanol–water partition coefficient (Wildman–Crippen LogP) is 2.06. The van der Waals surface area contributed by atoms with Gasteiger partial charge in [-0.3, -0.25) is 0 Å². The molecule has 1 aliphatic heterocycles. The van der Waals surface area contributed by atoms with E-state index in [0.717, 1.165) is 17.0 Å². The Morgan fingerprint density at radius 1 is 1.50 bits per heavy atom. The van der Waals surface area contributed by atoms with Crippen LogP contribution in [0.3, 0.4) is 0 Å². The molecule has 0 radical (unpaired) electrons. The smallest absolute Gasteiger partial charge is 0.318 e. The third-order valence-electron chi connectivity index (χ3n) is 1.85. The summed E-state index contributed by atoms with van der Waals surface area (Å²) in [6, 6.07) is 7.96. The summed E-state index contributed by atoms with van der Waals surface area (Å²) in [6.07, 6.45) is 0. The van der Waals surface area contributed by atoms with Gasteiger partial charge in [-0.2, -0.15) is 0 Å². The molecular formula is C10H9NO2S. The summed E-state index contributed by atoms with van der Waals surface area (Å²) in [5.41, 5.74) is 1.90. The summed E-state index contributed by atoms with van der Waals surface area (Å²) in [7, 11) is 0. The Labute approximate surface area is 86.1 Å². The number of nitrogens with zero attached hydrogens (tertiary/aromatic N) is 1. The van der Waals surface area contributed by atoms with Crippen LogP contribution < -0.4 is 0 Å². The van der Waals surface area contributed by atoms with E-state index in [9.17, 15) is 4.79 Å². The summed E-state index contributed by atoms with van der Waals surface area (Å²) < 4.78 is 0. The topological polar surface area (TPSA) is 38.7 Å². The van der Waals surface area contributed by atoms with Crippen LogP contribution in [0.4, 0.5) is 0 Å². The van der Waals surface area contributed by atoms with Gasteiger partial charge < -0.3 is 4.84 Å². The van der Waals surface area contributed by atoms with Crippen molar-refractivity contribution in [3.63, 3.8) is 0 Å². The number of thioether (sulfide) groups is 1. The lowest BCUT2D eigenvalue weighted by Gasteiger charge is -1.96. The summed E-state index contributed by atoms with van der Waals surface area (Å²) in [4.78, 5) is 16.4. The van der Waals surface area contributed by atoms with Gasteiger partial charge >= 0.3 is 5.97 Å². The van der Waals surface area contributed by atoms with Gasteiger partial charge in [0.25, 0.3) is 0 Å². The average molecular weight is 207 g/mol. The van der Waals surface area contributed by atoms with Gasteiger partial charge in [-0.25, -0.2) is 4.79 Å². The molecule has 0 saturated carbocycles. The predicted molar refractivity (Wildman–Crippen MR) is 55.5 cm³/mol. The van der Waals surface area contributed by atoms with Crippen LogP contribution in [0.15, 0.2) is 34.3 Å². The Kier molecular flexibility index (Phi) is 2.54. The molecule has 0 aliphatic carbocycles. The molecule has 0 fully saturated rings. The van der Waals surface area contributed by atoms with Crippen LogP contribution >= 0.6 is 11.8 Å². The van der Waals surface area contributed by atoms with Gasteiger partial charge in [0.2, 0.25) is 0 Å². The molecule has 1 aliphatic rings. The van der Waals surface area contributed by atoms with E-state index >= 15 is 0 Å². The number of rotatable bonds is 1. The number of hydrogen-bond donors (Lipinski definition) is 0. The molecule has 1 aromatic rings. The first kappa shape index (κ1) is 9.27. The summed E-state index contributed by atoms with van der Waals surface area (Å²) in [5.74, 6) is 0.388. The number of oxime groups is 1. The molecule has 3 nitrogen and oxygen atoms in total. The Hall–Kier alpha value is -1.29. The maximum absolute atomic E-state index is 10.6. The lowest BCUT2D eigenvalue weighted by Crippen LogP contribution is -2.01. The molecule has 1 heterocycles. The van der Waals surface area contributed by atoms with Crippen LogP contribution in [-0.4, -0.2) is 17.4 Å². The molecular weight excluding hydrogens is 198 g/mol. The third kappa shape index (κ3) is 1.80. The van der Waals surface area contributed by atoms with E-state index in [1.54, 1.807) is 11.8 Å². The van der Waals surface area contributed by atoms with Crippen molar-refractivity contribution in [3.8, 4) is 0 Å². The van der Waals surface area contributed by atoms with Crippen LogP contribution in [0.2, 0.25) is 0 Å². The molecule has 0 aromatic heterocycles. The van der Waals surface area contributed by atoms with Crippen LogP contribution in [0.1, 0.15) is 12.5 Å². The fourth-order valence-corrected chi connectivity index (χ4v) is 2.27. The SMILES string of the molecule is CC(=O)O/N=C1\CSc2ccccc21. The van der Waals surface area contributed by atoms with E-state index in [0.29, 0.717) is 0 Å². The van der Waals surface area contributed by atoms with E-state index in [1.807, 2.05) is 24.3 Å². The lowest BCUT2D eigenvalue weighted by molar-refractivity contribution is -0.140. The highest BCUT2D eigenvalue weighted by atomic mass is 32.2. The Bertz CT molecular complexity index is 401. The molecule has 14 heavy (non-hydrogen) atoms. The molecule has 72 valence electrons. The van der Waals surface area contributed by atoms with Crippen molar-refractivity contribution in [2.75, 3.05) is 5.75 Å². The number of benzene rings is 1. The molecule has 0 saturated heterocycles. The van der Waals surface area contributed by atoms with Crippen LogP contribution in [0.25, 0.3) is 0 Å². The second kappa shape index (κ2) is 3.84. The summed E-state index contributed by atoms with van der Waals surface area (Å²) in [6.45, 7) is 1.35. The van der Waals surface area contributed by atoms with Gasteiger partial charge in [0.05, 0.1) is 5.71 Å². The normalized spacial score (nSPS) is 16.8. The zero-order valence-corrected chi connectivity index (χ0v) is 8.50. The Morgan fingerprint density at radius 2 is 2.29 bits per heavy atom. The fraction of sp³-hybridized carbons (Fsp3) is 0.200. The highest BCUT2D eigenvalue weighted by molar-refractivity contribution is 8.00. The maximum Gasteiger partial charge on any atom is 0.331 e. The van der Waals surface area contributed by atoms with Crippen LogP contribution in [-0.2, 0) is 9.63 Å².